The zero-order chi connectivity index (χ0) is 22.2. The van der Waals surface area contributed by atoms with Crippen molar-refractivity contribution < 1.29 is 4.79 Å². The van der Waals surface area contributed by atoms with Crippen LogP contribution in [0.3, 0.4) is 0 Å². The minimum Gasteiger partial charge on any atom is -0.353 e. The molecule has 6 nitrogen and oxygen atoms in total. The summed E-state index contributed by atoms with van der Waals surface area (Å²) in [5.41, 5.74) is 1.96. The third-order valence-corrected chi connectivity index (χ3v) is 6.16. The van der Waals surface area contributed by atoms with Gasteiger partial charge in [0, 0.05) is 12.5 Å². The molecular formula is C22H22Cl2N4O2S. The van der Waals surface area contributed by atoms with Gasteiger partial charge in [0.25, 0.3) is 5.56 Å². The summed E-state index contributed by atoms with van der Waals surface area (Å²) < 4.78 is 0. The van der Waals surface area contributed by atoms with Crippen LogP contribution in [0.15, 0.2) is 58.5 Å². The number of H-pyrrole nitrogens is 1. The molecule has 1 aromatic heterocycles. The Bertz CT molecular complexity index is 1090. The highest BCUT2D eigenvalue weighted by Gasteiger charge is 2.11. The van der Waals surface area contributed by atoms with Gasteiger partial charge in [0.15, 0.2) is 5.16 Å². The third-order valence-electron chi connectivity index (χ3n) is 4.56. The number of thioether (sulfide) groups is 1. The van der Waals surface area contributed by atoms with Crippen molar-refractivity contribution in [1.29, 1.82) is 0 Å². The molecule has 3 aromatic rings. The van der Waals surface area contributed by atoms with Crippen LogP contribution in [0.25, 0.3) is 0 Å². The van der Waals surface area contributed by atoms with Gasteiger partial charge in [-0.05, 0) is 43.0 Å². The molecule has 162 valence electrons. The Labute approximate surface area is 194 Å². The van der Waals surface area contributed by atoms with Crippen molar-refractivity contribution in [2.24, 2.45) is 0 Å². The number of hydrogen-bond donors (Lipinski definition) is 2. The molecule has 2 aromatic carbocycles. The fourth-order valence-electron chi connectivity index (χ4n) is 2.92. The quantitative estimate of drug-likeness (QED) is 0.449. The van der Waals surface area contributed by atoms with Crippen molar-refractivity contribution >= 4 is 40.9 Å². The lowest BCUT2D eigenvalue weighted by Crippen LogP contribution is -2.34. The highest BCUT2D eigenvalue weighted by molar-refractivity contribution is 7.99. The van der Waals surface area contributed by atoms with Gasteiger partial charge in [-0.2, -0.15) is 0 Å². The van der Waals surface area contributed by atoms with Crippen molar-refractivity contribution in [3.63, 3.8) is 0 Å². The standard InChI is InChI=1S/C22H22Cl2N4O2S/c1-14(7-8-15-5-3-2-4-6-15)25-20(29)13-31-22-26-21(30)19(27-28-22)12-16-9-10-17(23)18(24)11-16/h2-6,9-11,14H,7-8,12-13H2,1H3,(H,25,29)(H,26,28,30)/t14-/m1/s1. The molecule has 1 heterocycles. The van der Waals surface area contributed by atoms with Gasteiger partial charge in [0.2, 0.25) is 5.91 Å². The molecule has 0 spiro atoms. The van der Waals surface area contributed by atoms with E-state index in [1.165, 1.54) is 5.56 Å². The molecule has 1 amide bonds. The number of carbonyl (C=O) groups excluding carboxylic acids is 1. The van der Waals surface area contributed by atoms with Crippen LogP contribution in [0.2, 0.25) is 10.0 Å². The number of hydrogen-bond acceptors (Lipinski definition) is 5. The molecule has 0 saturated heterocycles. The van der Waals surface area contributed by atoms with Crippen molar-refractivity contribution in [3.05, 3.63) is 85.8 Å². The van der Waals surface area contributed by atoms with Gasteiger partial charge in [0.05, 0.1) is 15.8 Å². The highest BCUT2D eigenvalue weighted by Crippen LogP contribution is 2.23. The maximum Gasteiger partial charge on any atom is 0.273 e. The number of nitrogens with zero attached hydrogens (tertiary/aromatic N) is 2. The predicted molar refractivity (Wildman–Crippen MR) is 125 cm³/mol. The Kier molecular flexibility index (Phi) is 8.51. The summed E-state index contributed by atoms with van der Waals surface area (Å²) in [4.78, 5) is 27.2. The van der Waals surface area contributed by atoms with Crippen molar-refractivity contribution in [1.82, 2.24) is 20.5 Å². The smallest absolute Gasteiger partial charge is 0.273 e. The number of amides is 1. The molecular weight excluding hydrogens is 455 g/mol. The molecule has 31 heavy (non-hydrogen) atoms. The second kappa shape index (κ2) is 11.3. The Morgan fingerprint density at radius 3 is 2.58 bits per heavy atom. The van der Waals surface area contributed by atoms with E-state index in [1.54, 1.807) is 18.2 Å². The average molecular weight is 477 g/mol. The molecule has 0 aliphatic heterocycles. The van der Waals surface area contributed by atoms with Crippen LogP contribution in [-0.2, 0) is 17.6 Å². The molecule has 1 atom stereocenters. The van der Waals surface area contributed by atoms with E-state index in [9.17, 15) is 9.59 Å². The second-order valence-electron chi connectivity index (χ2n) is 7.11. The summed E-state index contributed by atoms with van der Waals surface area (Å²) in [7, 11) is 0. The summed E-state index contributed by atoms with van der Waals surface area (Å²) in [6.07, 6.45) is 2.03. The Hall–Kier alpha value is -2.35. The molecule has 0 saturated carbocycles. The van der Waals surface area contributed by atoms with E-state index in [1.807, 2.05) is 25.1 Å². The Morgan fingerprint density at radius 1 is 1.10 bits per heavy atom. The minimum absolute atomic E-state index is 0.0482. The first-order chi connectivity index (χ1) is 14.9. The van der Waals surface area contributed by atoms with Crippen molar-refractivity contribution in [2.45, 2.75) is 37.4 Å². The molecule has 0 fully saturated rings. The largest absolute Gasteiger partial charge is 0.353 e. The van der Waals surface area contributed by atoms with Gasteiger partial charge in [-0.15, -0.1) is 10.2 Å². The van der Waals surface area contributed by atoms with Crippen LogP contribution in [0.4, 0.5) is 0 Å². The highest BCUT2D eigenvalue weighted by atomic mass is 35.5. The van der Waals surface area contributed by atoms with Crippen LogP contribution in [-0.4, -0.2) is 32.9 Å². The molecule has 9 heteroatoms. The SMILES string of the molecule is C[C@H](CCc1ccccc1)NC(=O)CSc1nnc(Cc2ccc(Cl)c(Cl)c2)c(=O)[nH]1. The summed E-state index contributed by atoms with van der Waals surface area (Å²) in [6, 6.07) is 15.3. The fourth-order valence-corrected chi connectivity index (χ4v) is 3.85. The lowest BCUT2D eigenvalue weighted by molar-refractivity contribution is -0.119. The van der Waals surface area contributed by atoms with Crippen molar-refractivity contribution in [3.8, 4) is 0 Å². The van der Waals surface area contributed by atoms with E-state index in [0.29, 0.717) is 15.2 Å². The van der Waals surface area contributed by atoms with E-state index >= 15 is 0 Å². The summed E-state index contributed by atoms with van der Waals surface area (Å²) >= 11 is 13.1. The maximum absolute atomic E-state index is 12.3. The number of rotatable bonds is 9. The number of aromatic amines is 1. The van der Waals surface area contributed by atoms with E-state index in [2.05, 4.69) is 32.6 Å². The molecule has 0 unspecified atom stereocenters. The first-order valence-electron chi connectivity index (χ1n) is 9.76. The lowest BCUT2D eigenvalue weighted by atomic mass is 10.1. The second-order valence-corrected chi connectivity index (χ2v) is 8.89. The third kappa shape index (κ3) is 7.38. The minimum atomic E-state index is -0.347. The van der Waals surface area contributed by atoms with Crippen LogP contribution in [0.5, 0.6) is 0 Å². The topological polar surface area (TPSA) is 87.7 Å². The lowest BCUT2D eigenvalue weighted by Gasteiger charge is -2.13. The van der Waals surface area contributed by atoms with Crippen LogP contribution in [0, 0.1) is 0 Å². The van der Waals surface area contributed by atoms with Crippen LogP contribution in [0.1, 0.15) is 30.2 Å². The number of benzene rings is 2. The molecule has 3 rings (SSSR count). The van der Waals surface area contributed by atoms with Gasteiger partial charge < -0.3 is 5.32 Å². The zero-order valence-corrected chi connectivity index (χ0v) is 19.2. The normalized spacial score (nSPS) is 11.8. The Morgan fingerprint density at radius 2 is 1.87 bits per heavy atom. The van der Waals surface area contributed by atoms with Gasteiger partial charge in [-0.1, -0.05) is 71.4 Å². The first-order valence-corrected chi connectivity index (χ1v) is 11.5. The van der Waals surface area contributed by atoms with Crippen LogP contribution < -0.4 is 10.9 Å². The van der Waals surface area contributed by atoms with E-state index in [-0.39, 0.29) is 35.4 Å². The molecule has 0 aliphatic carbocycles. The summed E-state index contributed by atoms with van der Waals surface area (Å²) in [5.74, 6) is 0.0278. The number of aryl methyl sites for hydroxylation is 1. The van der Waals surface area contributed by atoms with E-state index < -0.39 is 0 Å². The maximum atomic E-state index is 12.3. The van der Waals surface area contributed by atoms with Crippen molar-refractivity contribution in [2.75, 3.05) is 5.75 Å². The van der Waals surface area contributed by atoms with Gasteiger partial charge in [-0.3, -0.25) is 14.6 Å². The fraction of sp³-hybridized carbons (Fsp3) is 0.273. The Balaban J connectivity index is 1.47. The van der Waals surface area contributed by atoms with Gasteiger partial charge >= 0.3 is 0 Å². The summed E-state index contributed by atoms with van der Waals surface area (Å²) in [6.45, 7) is 1.98. The average Bonchev–Trinajstić information content (AvgIpc) is 2.76. The molecule has 2 N–H and O–H groups in total. The van der Waals surface area contributed by atoms with E-state index in [4.69, 9.17) is 23.2 Å². The molecule has 0 aliphatic rings. The van der Waals surface area contributed by atoms with Crippen LogP contribution >= 0.6 is 35.0 Å². The monoisotopic (exact) mass is 476 g/mol. The first kappa shape index (κ1) is 23.3. The molecule has 0 radical (unpaired) electrons. The predicted octanol–water partition coefficient (Wildman–Crippen LogP) is 4.29. The number of aromatic nitrogens is 3. The number of halogens is 2. The van der Waals surface area contributed by atoms with Gasteiger partial charge in [-0.25, -0.2) is 0 Å². The van der Waals surface area contributed by atoms with Gasteiger partial charge in [0.1, 0.15) is 5.69 Å². The molecule has 0 bridgehead atoms. The summed E-state index contributed by atoms with van der Waals surface area (Å²) in [5, 5.41) is 12.2. The number of carbonyl (C=O) groups is 1. The van der Waals surface area contributed by atoms with E-state index in [0.717, 1.165) is 30.2 Å². The zero-order valence-electron chi connectivity index (χ0n) is 16.9. The number of nitrogens with one attached hydrogen (secondary N) is 2.